The van der Waals surface area contributed by atoms with Gasteiger partial charge in [-0.05, 0) is 59.5 Å². The molecule has 0 unspecified atom stereocenters. The second-order valence-electron chi connectivity index (χ2n) is 6.48. The lowest BCUT2D eigenvalue weighted by atomic mass is 10.2. The fourth-order valence-corrected chi connectivity index (χ4v) is 3.87. The second kappa shape index (κ2) is 10.3. The van der Waals surface area contributed by atoms with Crippen LogP contribution in [0.3, 0.4) is 0 Å². The van der Waals surface area contributed by atoms with Crippen molar-refractivity contribution in [3.8, 4) is 11.5 Å². The van der Waals surface area contributed by atoms with Crippen molar-refractivity contribution in [2.45, 2.75) is 39.0 Å². The molecule has 1 atom stereocenters. The van der Waals surface area contributed by atoms with Crippen LogP contribution in [0.1, 0.15) is 30.9 Å². The fraction of sp³-hybridized carbons (Fsp3) is 0.429. The van der Waals surface area contributed by atoms with Crippen molar-refractivity contribution in [1.29, 1.82) is 0 Å². The zero-order valence-corrected chi connectivity index (χ0v) is 17.8. The monoisotopic (exact) mass is 453 g/mol. The molecule has 27 heavy (non-hydrogen) atoms. The number of hydrogen-bond acceptors (Lipinski definition) is 4. The first-order chi connectivity index (χ1) is 13.2. The average molecular weight is 455 g/mol. The van der Waals surface area contributed by atoms with E-state index in [1.54, 1.807) is 0 Å². The Morgan fingerprint density at radius 1 is 1.26 bits per heavy atom. The average Bonchev–Trinajstić information content (AvgIpc) is 3.16. The summed E-state index contributed by atoms with van der Waals surface area (Å²) in [4.78, 5) is 0. The van der Waals surface area contributed by atoms with E-state index in [9.17, 15) is 0 Å². The summed E-state index contributed by atoms with van der Waals surface area (Å²) in [5.41, 5.74) is 2.07. The maximum Gasteiger partial charge on any atom is 0.175 e. The summed E-state index contributed by atoms with van der Waals surface area (Å²) in [6, 6.07) is 11.8. The summed E-state index contributed by atoms with van der Waals surface area (Å²) < 4.78 is 18.4. The minimum Gasteiger partial charge on any atom is -0.490 e. The van der Waals surface area contributed by atoms with Gasteiger partial charge in [-0.25, -0.2) is 0 Å². The van der Waals surface area contributed by atoms with Gasteiger partial charge in [-0.3, -0.25) is 0 Å². The minimum absolute atomic E-state index is 0.332. The Morgan fingerprint density at radius 3 is 2.85 bits per heavy atom. The lowest BCUT2D eigenvalue weighted by Gasteiger charge is -2.17. The highest BCUT2D eigenvalue weighted by atomic mass is 79.9. The lowest BCUT2D eigenvalue weighted by molar-refractivity contribution is 0.110. The summed E-state index contributed by atoms with van der Waals surface area (Å²) in [6.45, 7) is 5.42. The number of rotatable bonds is 9. The molecule has 1 aliphatic rings. The van der Waals surface area contributed by atoms with Crippen LogP contribution < -0.4 is 14.8 Å². The van der Waals surface area contributed by atoms with Gasteiger partial charge >= 0.3 is 0 Å². The number of halogens is 2. The largest absolute Gasteiger partial charge is 0.490 e. The Bertz CT molecular complexity index is 750. The Hall–Kier alpha value is -1.27. The summed E-state index contributed by atoms with van der Waals surface area (Å²) >= 11 is 9.85. The Labute approximate surface area is 174 Å². The first-order valence-electron chi connectivity index (χ1n) is 9.31. The minimum atomic E-state index is 0.332. The summed E-state index contributed by atoms with van der Waals surface area (Å²) in [6.07, 6.45) is 2.62. The third kappa shape index (κ3) is 5.85. The molecule has 3 rings (SSSR count). The quantitative estimate of drug-likeness (QED) is 0.554. The van der Waals surface area contributed by atoms with E-state index >= 15 is 0 Å². The molecule has 146 valence electrons. The van der Waals surface area contributed by atoms with Crippen molar-refractivity contribution >= 4 is 27.5 Å². The number of benzene rings is 2. The van der Waals surface area contributed by atoms with Crippen LogP contribution in [0.5, 0.6) is 11.5 Å². The van der Waals surface area contributed by atoms with Crippen molar-refractivity contribution in [2.75, 3.05) is 19.8 Å². The lowest BCUT2D eigenvalue weighted by Crippen LogP contribution is -2.25. The van der Waals surface area contributed by atoms with Gasteiger partial charge in [0.2, 0.25) is 0 Å². The highest BCUT2D eigenvalue weighted by Crippen LogP contribution is 2.37. The van der Waals surface area contributed by atoms with E-state index in [4.69, 9.17) is 25.8 Å². The van der Waals surface area contributed by atoms with E-state index in [0.29, 0.717) is 30.1 Å². The fourth-order valence-electron chi connectivity index (χ4n) is 3.07. The first-order valence-corrected chi connectivity index (χ1v) is 10.5. The molecule has 4 nitrogen and oxygen atoms in total. The molecule has 1 saturated heterocycles. The molecule has 2 aromatic carbocycles. The molecule has 2 aromatic rings. The van der Waals surface area contributed by atoms with Gasteiger partial charge in [-0.2, -0.15) is 0 Å². The third-order valence-corrected chi connectivity index (χ3v) is 5.38. The highest BCUT2D eigenvalue weighted by molar-refractivity contribution is 9.10. The molecule has 1 N–H and O–H groups in total. The predicted octanol–water partition coefficient (Wildman–Crippen LogP) is 5.35. The number of ether oxygens (including phenoxy) is 3. The highest BCUT2D eigenvalue weighted by Gasteiger charge is 2.16. The molecule has 0 saturated carbocycles. The van der Waals surface area contributed by atoms with Crippen LogP contribution in [0.15, 0.2) is 40.9 Å². The Morgan fingerprint density at radius 2 is 2.11 bits per heavy atom. The van der Waals surface area contributed by atoms with Crippen molar-refractivity contribution in [2.24, 2.45) is 0 Å². The smallest absolute Gasteiger partial charge is 0.175 e. The van der Waals surface area contributed by atoms with Crippen LogP contribution in [-0.4, -0.2) is 25.9 Å². The van der Waals surface area contributed by atoms with E-state index in [2.05, 4.69) is 27.3 Å². The van der Waals surface area contributed by atoms with Crippen LogP contribution in [0.4, 0.5) is 0 Å². The molecule has 1 fully saturated rings. The van der Waals surface area contributed by atoms with Crippen LogP contribution in [0.25, 0.3) is 0 Å². The molecule has 0 amide bonds. The van der Waals surface area contributed by atoms with Crippen LogP contribution in [0, 0.1) is 0 Å². The summed E-state index contributed by atoms with van der Waals surface area (Å²) in [5.74, 6) is 1.42. The van der Waals surface area contributed by atoms with Crippen LogP contribution in [0.2, 0.25) is 5.02 Å². The third-order valence-electron chi connectivity index (χ3n) is 4.42. The summed E-state index contributed by atoms with van der Waals surface area (Å²) in [7, 11) is 0. The normalized spacial score (nSPS) is 16.5. The zero-order chi connectivity index (χ0) is 19.1. The van der Waals surface area contributed by atoms with Gasteiger partial charge in [-0.15, -0.1) is 0 Å². The maximum absolute atomic E-state index is 6.23. The second-order valence-corrected chi connectivity index (χ2v) is 7.75. The maximum atomic E-state index is 6.23. The molecule has 0 bridgehead atoms. The van der Waals surface area contributed by atoms with Gasteiger partial charge in [0.15, 0.2) is 11.5 Å². The molecule has 0 radical (unpaired) electrons. The zero-order valence-electron chi connectivity index (χ0n) is 15.5. The number of hydrogen-bond donors (Lipinski definition) is 1. The van der Waals surface area contributed by atoms with Crippen molar-refractivity contribution in [3.63, 3.8) is 0 Å². The van der Waals surface area contributed by atoms with Gasteiger partial charge in [0, 0.05) is 30.3 Å². The first kappa shape index (κ1) is 20.5. The molecule has 0 aromatic heterocycles. The van der Waals surface area contributed by atoms with E-state index in [-0.39, 0.29) is 0 Å². The van der Waals surface area contributed by atoms with Crippen molar-refractivity contribution in [1.82, 2.24) is 5.32 Å². The SMILES string of the molecule is CCOc1cc(CNC[C@H]2CCCO2)cc(Br)c1OCc1ccccc1Cl. The molecular weight excluding hydrogens is 430 g/mol. The molecule has 0 spiro atoms. The van der Waals surface area contributed by atoms with Crippen LogP contribution >= 0.6 is 27.5 Å². The topological polar surface area (TPSA) is 39.7 Å². The molecule has 6 heteroatoms. The van der Waals surface area contributed by atoms with E-state index in [0.717, 1.165) is 53.9 Å². The van der Waals surface area contributed by atoms with E-state index in [1.807, 2.05) is 37.3 Å². The van der Waals surface area contributed by atoms with Crippen molar-refractivity contribution in [3.05, 3.63) is 57.0 Å². The van der Waals surface area contributed by atoms with Gasteiger partial charge < -0.3 is 19.5 Å². The predicted molar refractivity (Wildman–Crippen MR) is 112 cm³/mol. The molecule has 1 heterocycles. The molecule has 1 aliphatic heterocycles. The number of nitrogens with one attached hydrogen (secondary N) is 1. The molecule has 0 aliphatic carbocycles. The van der Waals surface area contributed by atoms with E-state index < -0.39 is 0 Å². The van der Waals surface area contributed by atoms with Gasteiger partial charge in [0.1, 0.15) is 6.61 Å². The van der Waals surface area contributed by atoms with Crippen LogP contribution in [-0.2, 0) is 17.9 Å². The van der Waals surface area contributed by atoms with Gasteiger partial charge in [-0.1, -0.05) is 29.8 Å². The van der Waals surface area contributed by atoms with Crippen molar-refractivity contribution < 1.29 is 14.2 Å². The Balaban J connectivity index is 1.66. The van der Waals surface area contributed by atoms with Gasteiger partial charge in [0.05, 0.1) is 17.2 Å². The van der Waals surface area contributed by atoms with E-state index in [1.165, 1.54) is 0 Å². The van der Waals surface area contributed by atoms with Gasteiger partial charge in [0.25, 0.3) is 0 Å². The molecular formula is C21H25BrClNO3. The Kier molecular flexibility index (Phi) is 7.82. The standard InChI is InChI=1S/C21H25BrClNO3/c1-2-25-20-11-15(12-24-13-17-7-5-9-26-17)10-18(22)21(20)27-14-16-6-3-4-8-19(16)23/h3-4,6,8,10-11,17,24H,2,5,7,9,12-14H2,1H3/t17-/m1/s1. The summed E-state index contributed by atoms with van der Waals surface area (Å²) in [5, 5.41) is 4.16.